The topological polar surface area (TPSA) is 0 Å². The molecule has 0 spiro atoms. The highest BCUT2D eigenvalue weighted by molar-refractivity contribution is 5.88. The zero-order chi connectivity index (χ0) is 37.0. The Morgan fingerprint density at radius 2 is 0.679 bits per heavy atom. The molecule has 56 heavy (non-hydrogen) atoms. The zero-order valence-corrected chi connectivity index (χ0v) is 31.0. The quantitative estimate of drug-likeness (QED) is 0.161. The van der Waals surface area contributed by atoms with Crippen molar-refractivity contribution < 1.29 is 0 Å². The van der Waals surface area contributed by atoms with Crippen molar-refractivity contribution in [3.63, 3.8) is 0 Å². The van der Waals surface area contributed by atoms with Gasteiger partial charge in [-0.15, -0.1) is 0 Å². The van der Waals surface area contributed by atoms with Crippen molar-refractivity contribution >= 4 is 0 Å². The summed E-state index contributed by atoms with van der Waals surface area (Å²) in [6.45, 7) is 0. The van der Waals surface area contributed by atoms with Crippen molar-refractivity contribution in [2.24, 2.45) is 0 Å². The lowest BCUT2D eigenvalue weighted by molar-refractivity contribution is 1.02. The third-order valence-electron chi connectivity index (χ3n) is 12.0. The van der Waals surface area contributed by atoms with Crippen LogP contribution in [0.1, 0.15) is 33.7 Å². The summed E-state index contributed by atoms with van der Waals surface area (Å²) < 4.78 is 0. The fraction of sp³-hybridized carbons (Fsp3) is 0.0357. The van der Waals surface area contributed by atoms with E-state index in [2.05, 4.69) is 212 Å². The molecule has 11 rings (SSSR count). The predicted octanol–water partition coefficient (Wildman–Crippen LogP) is 14.8. The summed E-state index contributed by atoms with van der Waals surface area (Å²) in [5.41, 5.74) is 24.6. The van der Waals surface area contributed by atoms with E-state index in [9.17, 15) is 0 Å². The first kappa shape index (κ1) is 32.4. The fourth-order valence-corrected chi connectivity index (χ4v) is 9.17. The maximum absolute atomic E-state index is 2.44. The average molecular weight is 711 g/mol. The summed E-state index contributed by atoms with van der Waals surface area (Å²) in [4.78, 5) is 0. The zero-order valence-electron chi connectivity index (χ0n) is 31.0. The summed E-state index contributed by atoms with van der Waals surface area (Å²) in [6.07, 6.45) is 1.01. The van der Waals surface area contributed by atoms with Crippen LogP contribution < -0.4 is 0 Å². The van der Waals surface area contributed by atoms with Crippen LogP contribution in [0.5, 0.6) is 0 Å². The van der Waals surface area contributed by atoms with E-state index in [1.807, 2.05) is 0 Å². The van der Waals surface area contributed by atoms with Gasteiger partial charge < -0.3 is 0 Å². The van der Waals surface area contributed by atoms with Crippen LogP contribution in [0, 0.1) is 0 Å². The van der Waals surface area contributed by atoms with Gasteiger partial charge in [0.1, 0.15) is 0 Å². The maximum atomic E-state index is 2.44. The molecule has 0 radical (unpaired) electrons. The van der Waals surface area contributed by atoms with Crippen LogP contribution in [0.25, 0.3) is 77.9 Å². The van der Waals surface area contributed by atoms with Crippen molar-refractivity contribution in [3.05, 3.63) is 240 Å². The van der Waals surface area contributed by atoms with E-state index in [0.29, 0.717) is 0 Å². The van der Waals surface area contributed by atoms with Crippen molar-refractivity contribution in [3.8, 4) is 77.9 Å². The van der Waals surface area contributed by atoms with Gasteiger partial charge in [-0.3, -0.25) is 0 Å². The van der Waals surface area contributed by atoms with Gasteiger partial charge >= 0.3 is 0 Å². The largest absolute Gasteiger partial charge is 0.0622 e. The van der Waals surface area contributed by atoms with E-state index in [-0.39, 0.29) is 5.92 Å². The van der Waals surface area contributed by atoms with E-state index < -0.39 is 0 Å². The molecule has 1 unspecified atom stereocenters. The molecule has 0 saturated heterocycles. The molecule has 0 aromatic heterocycles. The molecule has 0 heterocycles. The molecular weight excluding hydrogens is 673 g/mol. The number of fused-ring (bicyclic) bond motifs is 6. The SMILES string of the molecule is c1ccc(-c2ccc(-c3cc(-c4ccc(-c5ccccc5)cc4)cc(C4c5ccccc5-c5cc(-c6ccc7c(c6)-c6ccccc6C7)ccc54)c3)cc2)cc1. The first-order valence-corrected chi connectivity index (χ1v) is 19.7. The average Bonchev–Trinajstić information content (AvgIpc) is 3.82. The summed E-state index contributed by atoms with van der Waals surface area (Å²) in [7, 11) is 0. The van der Waals surface area contributed by atoms with Gasteiger partial charge in [0.25, 0.3) is 0 Å². The standard InChI is InChI=1S/C56H38/c1-3-11-37(12-4-1)39-19-23-41(24-20-39)47-32-48(42-25-21-40(22-26-42)38-13-5-2-6-14-38)34-49(33-47)56-52-18-10-9-17-51(52)55-36-44(29-30-53(55)56)43-27-28-46-31-45-15-7-8-16-50(45)54(46)35-43/h1-30,32-36,56H,31H2. The van der Waals surface area contributed by atoms with E-state index in [0.717, 1.165) is 6.42 Å². The Balaban J connectivity index is 1.03. The van der Waals surface area contributed by atoms with Crippen molar-refractivity contribution in [1.29, 1.82) is 0 Å². The number of hydrogen-bond acceptors (Lipinski definition) is 0. The predicted molar refractivity (Wildman–Crippen MR) is 235 cm³/mol. The molecule has 0 nitrogen and oxygen atoms in total. The minimum Gasteiger partial charge on any atom is -0.0622 e. The minimum absolute atomic E-state index is 0.119. The number of benzene rings is 9. The van der Waals surface area contributed by atoms with Gasteiger partial charge in [-0.1, -0.05) is 194 Å². The molecule has 0 bridgehead atoms. The van der Waals surface area contributed by atoms with E-state index in [1.54, 1.807) is 0 Å². The lowest BCUT2D eigenvalue weighted by Gasteiger charge is -2.19. The molecule has 0 N–H and O–H groups in total. The van der Waals surface area contributed by atoms with Gasteiger partial charge in [0.2, 0.25) is 0 Å². The van der Waals surface area contributed by atoms with Gasteiger partial charge in [-0.05, 0) is 130 Å². The van der Waals surface area contributed by atoms with Crippen LogP contribution in [-0.2, 0) is 6.42 Å². The molecule has 0 amide bonds. The third kappa shape index (κ3) is 5.62. The Bertz CT molecular complexity index is 2800. The molecule has 9 aromatic rings. The summed E-state index contributed by atoms with van der Waals surface area (Å²) in [6, 6.07) is 78.8. The molecule has 2 aliphatic carbocycles. The van der Waals surface area contributed by atoms with E-state index in [4.69, 9.17) is 0 Å². The highest BCUT2D eigenvalue weighted by atomic mass is 14.3. The number of rotatable bonds is 6. The second-order valence-electron chi connectivity index (χ2n) is 15.3. The second kappa shape index (κ2) is 13.4. The second-order valence-corrected chi connectivity index (χ2v) is 15.3. The summed E-state index contributed by atoms with van der Waals surface area (Å²) in [5.74, 6) is 0.119. The fourth-order valence-electron chi connectivity index (χ4n) is 9.17. The van der Waals surface area contributed by atoms with Gasteiger partial charge in [0.05, 0.1) is 0 Å². The normalized spacial score (nSPS) is 13.5. The lowest BCUT2D eigenvalue weighted by Crippen LogP contribution is -2.00. The lowest BCUT2D eigenvalue weighted by atomic mass is 9.85. The molecule has 0 aliphatic heterocycles. The van der Waals surface area contributed by atoms with Crippen LogP contribution in [0.2, 0.25) is 0 Å². The highest BCUT2D eigenvalue weighted by Gasteiger charge is 2.31. The van der Waals surface area contributed by atoms with Crippen LogP contribution in [0.3, 0.4) is 0 Å². The van der Waals surface area contributed by atoms with Crippen molar-refractivity contribution in [2.45, 2.75) is 12.3 Å². The van der Waals surface area contributed by atoms with Crippen LogP contribution >= 0.6 is 0 Å². The van der Waals surface area contributed by atoms with Gasteiger partial charge in [-0.2, -0.15) is 0 Å². The minimum atomic E-state index is 0.119. The van der Waals surface area contributed by atoms with Crippen LogP contribution in [0.4, 0.5) is 0 Å². The molecule has 0 heteroatoms. The molecular formula is C56H38. The third-order valence-corrected chi connectivity index (χ3v) is 12.0. The maximum Gasteiger partial charge on any atom is 0.0352 e. The van der Waals surface area contributed by atoms with E-state index in [1.165, 1.54) is 106 Å². The highest BCUT2D eigenvalue weighted by Crippen LogP contribution is 2.50. The van der Waals surface area contributed by atoms with E-state index >= 15 is 0 Å². The molecule has 262 valence electrons. The molecule has 9 aromatic carbocycles. The first-order chi connectivity index (χ1) is 27.7. The van der Waals surface area contributed by atoms with Crippen molar-refractivity contribution in [2.75, 3.05) is 0 Å². The first-order valence-electron chi connectivity index (χ1n) is 19.7. The molecule has 0 fully saturated rings. The smallest absolute Gasteiger partial charge is 0.0352 e. The Morgan fingerprint density at radius 1 is 0.250 bits per heavy atom. The summed E-state index contributed by atoms with van der Waals surface area (Å²) >= 11 is 0. The summed E-state index contributed by atoms with van der Waals surface area (Å²) in [5, 5.41) is 0. The van der Waals surface area contributed by atoms with Gasteiger partial charge in [-0.25, -0.2) is 0 Å². The van der Waals surface area contributed by atoms with Crippen LogP contribution in [-0.4, -0.2) is 0 Å². The molecule has 1 atom stereocenters. The number of hydrogen-bond donors (Lipinski definition) is 0. The van der Waals surface area contributed by atoms with Crippen molar-refractivity contribution in [1.82, 2.24) is 0 Å². The Labute approximate surface area is 329 Å². The van der Waals surface area contributed by atoms with Crippen LogP contribution in [0.15, 0.2) is 212 Å². The van der Waals surface area contributed by atoms with Gasteiger partial charge in [0.15, 0.2) is 0 Å². The Morgan fingerprint density at radius 3 is 1.30 bits per heavy atom. The Kier molecular flexibility index (Phi) is 7.74. The molecule has 0 saturated carbocycles. The monoisotopic (exact) mass is 710 g/mol. The van der Waals surface area contributed by atoms with Gasteiger partial charge in [0, 0.05) is 5.92 Å². The molecule has 2 aliphatic rings. The Hall–Kier alpha value is -7.02.